The van der Waals surface area contributed by atoms with Crippen LogP contribution in [0.1, 0.15) is 46.2 Å². The van der Waals surface area contributed by atoms with Gasteiger partial charge in [-0.2, -0.15) is 0 Å². The highest BCUT2D eigenvalue weighted by Gasteiger charge is 2.15. The maximum Gasteiger partial charge on any atom is 0.0960 e. The van der Waals surface area contributed by atoms with E-state index in [1.807, 2.05) is 6.33 Å². The van der Waals surface area contributed by atoms with Gasteiger partial charge in [-0.05, 0) is 37.0 Å². The summed E-state index contributed by atoms with van der Waals surface area (Å²) in [7, 11) is 0. The maximum absolute atomic E-state index is 4.43. The minimum absolute atomic E-state index is 0.195. The summed E-state index contributed by atoms with van der Waals surface area (Å²) in [6.07, 6.45) is 1.93. The Morgan fingerprint density at radius 2 is 1.88 bits per heavy atom. The summed E-state index contributed by atoms with van der Waals surface area (Å²) in [4.78, 5) is 4.43. The largest absolute Gasteiger partial charge is 0.328 e. The molecule has 0 aliphatic carbocycles. The Morgan fingerprint density at radius 3 is 2.44 bits per heavy atom. The van der Waals surface area contributed by atoms with Crippen LogP contribution in [0.25, 0.3) is 11.0 Å². The van der Waals surface area contributed by atoms with Gasteiger partial charge in [-0.15, -0.1) is 0 Å². The van der Waals surface area contributed by atoms with Gasteiger partial charge in [0.1, 0.15) is 0 Å². The first kappa shape index (κ1) is 11.2. The number of rotatable bonds is 1. The lowest BCUT2D eigenvalue weighted by Crippen LogP contribution is -2.11. The quantitative estimate of drug-likeness (QED) is 0.706. The second-order valence-electron chi connectivity index (χ2n) is 5.70. The molecule has 0 saturated carbocycles. The highest BCUT2D eigenvalue weighted by Crippen LogP contribution is 2.26. The zero-order chi connectivity index (χ0) is 11.9. The van der Waals surface area contributed by atoms with Gasteiger partial charge >= 0.3 is 0 Å². The van der Waals surface area contributed by atoms with Gasteiger partial charge in [0.15, 0.2) is 0 Å². The van der Waals surface area contributed by atoms with Crippen molar-refractivity contribution in [2.75, 3.05) is 0 Å². The number of hydrogen-bond acceptors (Lipinski definition) is 1. The second kappa shape index (κ2) is 3.62. The first-order valence-electron chi connectivity index (χ1n) is 5.86. The van der Waals surface area contributed by atoms with Crippen molar-refractivity contribution in [3.8, 4) is 0 Å². The molecule has 0 radical (unpaired) electrons. The summed E-state index contributed by atoms with van der Waals surface area (Å²) in [5, 5.41) is 0. The summed E-state index contributed by atoms with van der Waals surface area (Å²) < 4.78 is 2.23. The normalized spacial score (nSPS) is 12.6. The molecule has 1 aromatic heterocycles. The van der Waals surface area contributed by atoms with Crippen LogP contribution < -0.4 is 0 Å². The summed E-state index contributed by atoms with van der Waals surface area (Å²) in [5.41, 5.74) is 3.88. The van der Waals surface area contributed by atoms with Crippen LogP contribution >= 0.6 is 0 Å². The van der Waals surface area contributed by atoms with Crippen LogP contribution in [0, 0.1) is 0 Å². The molecule has 0 fully saturated rings. The van der Waals surface area contributed by atoms with E-state index >= 15 is 0 Å². The van der Waals surface area contributed by atoms with E-state index in [9.17, 15) is 0 Å². The molecule has 0 saturated heterocycles. The molecule has 0 spiro atoms. The highest BCUT2D eigenvalue weighted by molar-refractivity contribution is 5.76. The Kier molecular flexibility index (Phi) is 2.53. The van der Waals surface area contributed by atoms with Crippen molar-refractivity contribution < 1.29 is 0 Å². The molecule has 86 valence electrons. The fourth-order valence-corrected chi connectivity index (χ4v) is 1.90. The SMILES string of the molecule is CC(C)n1cnc2ccc(C(C)(C)C)cc21. The monoisotopic (exact) mass is 216 g/mol. The van der Waals surface area contributed by atoms with Crippen molar-refractivity contribution in [2.45, 2.75) is 46.1 Å². The van der Waals surface area contributed by atoms with E-state index in [1.54, 1.807) is 0 Å². The van der Waals surface area contributed by atoms with E-state index in [4.69, 9.17) is 0 Å². The molecule has 0 N–H and O–H groups in total. The highest BCUT2D eigenvalue weighted by atomic mass is 15.1. The van der Waals surface area contributed by atoms with Crippen LogP contribution in [0.15, 0.2) is 24.5 Å². The predicted molar refractivity (Wildman–Crippen MR) is 68.8 cm³/mol. The van der Waals surface area contributed by atoms with E-state index < -0.39 is 0 Å². The number of hydrogen-bond donors (Lipinski definition) is 0. The predicted octanol–water partition coefficient (Wildman–Crippen LogP) is 3.91. The smallest absolute Gasteiger partial charge is 0.0960 e. The van der Waals surface area contributed by atoms with Crippen LogP contribution in [0.5, 0.6) is 0 Å². The fraction of sp³-hybridized carbons (Fsp3) is 0.500. The van der Waals surface area contributed by atoms with Crippen molar-refractivity contribution in [3.63, 3.8) is 0 Å². The molecule has 0 bridgehead atoms. The molecule has 0 unspecified atom stereocenters. The number of nitrogens with zero attached hydrogens (tertiary/aromatic N) is 2. The third-order valence-corrected chi connectivity index (χ3v) is 3.00. The topological polar surface area (TPSA) is 17.8 Å². The van der Waals surface area contributed by atoms with Gasteiger partial charge in [0.05, 0.1) is 17.4 Å². The summed E-state index contributed by atoms with van der Waals surface area (Å²) >= 11 is 0. The zero-order valence-electron chi connectivity index (χ0n) is 10.8. The Balaban J connectivity index is 2.63. The van der Waals surface area contributed by atoms with Crippen molar-refractivity contribution in [1.29, 1.82) is 0 Å². The molecule has 2 heteroatoms. The number of imidazole rings is 1. The molecular formula is C14H20N2. The van der Waals surface area contributed by atoms with Crippen LogP contribution in [-0.4, -0.2) is 9.55 Å². The summed E-state index contributed by atoms with van der Waals surface area (Å²) in [6, 6.07) is 7.03. The van der Waals surface area contributed by atoms with Gasteiger partial charge in [0.2, 0.25) is 0 Å². The molecular weight excluding hydrogens is 196 g/mol. The third kappa shape index (κ3) is 1.84. The number of benzene rings is 1. The fourth-order valence-electron chi connectivity index (χ4n) is 1.90. The molecule has 2 nitrogen and oxygen atoms in total. The Morgan fingerprint density at radius 1 is 1.19 bits per heavy atom. The van der Waals surface area contributed by atoms with E-state index in [0.717, 1.165) is 5.52 Å². The van der Waals surface area contributed by atoms with Crippen LogP contribution in [-0.2, 0) is 5.41 Å². The Bertz CT molecular complexity index is 501. The van der Waals surface area contributed by atoms with Gasteiger partial charge < -0.3 is 4.57 Å². The average molecular weight is 216 g/mol. The molecule has 1 heterocycles. The molecule has 1 aromatic carbocycles. The molecule has 0 amide bonds. The van der Waals surface area contributed by atoms with E-state index in [-0.39, 0.29) is 5.41 Å². The minimum Gasteiger partial charge on any atom is -0.328 e. The lowest BCUT2D eigenvalue weighted by molar-refractivity contribution is 0.588. The molecule has 0 aliphatic heterocycles. The maximum atomic E-state index is 4.43. The van der Waals surface area contributed by atoms with Gasteiger partial charge in [-0.3, -0.25) is 0 Å². The van der Waals surface area contributed by atoms with Crippen molar-refractivity contribution in [2.24, 2.45) is 0 Å². The standard InChI is InChI=1S/C14H20N2/c1-10(2)16-9-15-12-7-6-11(8-13(12)16)14(3,4)5/h6-10H,1-5H3. The van der Waals surface area contributed by atoms with E-state index in [0.29, 0.717) is 6.04 Å². The van der Waals surface area contributed by atoms with Gasteiger partial charge in [-0.25, -0.2) is 4.98 Å². The zero-order valence-corrected chi connectivity index (χ0v) is 10.8. The Labute approximate surface area is 97.3 Å². The van der Waals surface area contributed by atoms with Gasteiger partial charge in [-0.1, -0.05) is 26.8 Å². The molecule has 2 aromatic rings. The summed E-state index contributed by atoms with van der Waals surface area (Å²) in [5.74, 6) is 0. The molecule has 0 atom stereocenters. The first-order valence-corrected chi connectivity index (χ1v) is 5.86. The first-order chi connectivity index (χ1) is 7.39. The van der Waals surface area contributed by atoms with Crippen molar-refractivity contribution in [1.82, 2.24) is 9.55 Å². The Hall–Kier alpha value is -1.31. The van der Waals surface area contributed by atoms with Crippen molar-refractivity contribution >= 4 is 11.0 Å². The van der Waals surface area contributed by atoms with Crippen LogP contribution in [0.4, 0.5) is 0 Å². The third-order valence-electron chi connectivity index (χ3n) is 3.00. The lowest BCUT2D eigenvalue weighted by Gasteiger charge is -2.19. The lowest BCUT2D eigenvalue weighted by atomic mass is 9.87. The van der Waals surface area contributed by atoms with E-state index in [2.05, 4.69) is 62.4 Å². The van der Waals surface area contributed by atoms with E-state index in [1.165, 1.54) is 11.1 Å². The average Bonchev–Trinajstić information content (AvgIpc) is 2.58. The molecule has 0 aliphatic rings. The minimum atomic E-state index is 0.195. The van der Waals surface area contributed by atoms with Crippen molar-refractivity contribution in [3.05, 3.63) is 30.1 Å². The number of fused-ring (bicyclic) bond motifs is 1. The molecule has 16 heavy (non-hydrogen) atoms. The summed E-state index contributed by atoms with van der Waals surface area (Å²) in [6.45, 7) is 11.1. The van der Waals surface area contributed by atoms with Gasteiger partial charge in [0, 0.05) is 6.04 Å². The second-order valence-corrected chi connectivity index (χ2v) is 5.70. The van der Waals surface area contributed by atoms with Crippen LogP contribution in [0.2, 0.25) is 0 Å². The molecule has 2 rings (SSSR count). The van der Waals surface area contributed by atoms with Crippen LogP contribution in [0.3, 0.4) is 0 Å². The number of aromatic nitrogens is 2. The van der Waals surface area contributed by atoms with Gasteiger partial charge in [0.25, 0.3) is 0 Å².